The Bertz CT molecular complexity index is 1680. The summed E-state index contributed by atoms with van der Waals surface area (Å²) in [6.07, 6.45) is -3.58. The molecular weight excluding hydrogens is 565 g/mol. The fourth-order valence-electron chi connectivity index (χ4n) is 3.74. The Labute approximate surface area is 243 Å². The van der Waals surface area contributed by atoms with Gasteiger partial charge in [-0.05, 0) is 48.0 Å². The van der Waals surface area contributed by atoms with E-state index in [2.05, 4.69) is 20.6 Å². The number of anilines is 3. The number of methoxy groups -OCH3 is 1. The third-order valence-corrected chi connectivity index (χ3v) is 5.84. The van der Waals surface area contributed by atoms with Gasteiger partial charge in [0, 0.05) is 28.4 Å². The fourth-order valence-corrected chi connectivity index (χ4v) is 3.74. The van der Waals surface area contributed by atoms with Crippen molar-refractivity contribution in [1.82, 2.24) is 9.97 Å². The highest BCUT2D eigenvalue weighted by Gasteiger charge is 2.38. The number of carbonyl (C=O) groups excluding carboxylic acids is 1. The van der Waals surface area contributed by atoms with Gasteiger partial charge in [-0.3, -0.25) is 4.79 Å². The van der Waals surface area contributed by atoms with Gasteiger partial charge in [0.05, 0.1) is 12.6 Å². The second-order valence-corrected chi connectivity index (χ2v) is 8.84. The minimum absolute atomic E-state index is 0.157. The number of aromatic nitrogens is 2. The van der Waals surface area contributed by atoms with Crippen molar-refractivity contribution in [1.29, 1.82) is 0 Å². The molecule has 5 aromatic rings. The van der Waals surface area contributed by atoms with E-state index in [4.69, 9.17) is 19.4 Å². The van der Waals surface area contributed by atoms with E-state index in [0.29, 0.717) is 35.2 Å². The van der Waals surface area contributed by atoms with Crippen molar-refractivity contribution in [3.8, 4) is 11.5 Å². The van der Waals surface area contributed by atoms with Crippen LogP contribution in [-0.4, -0.2) is 40.2 Å². The Balaban J connectivity index is 0.000000541. The van der Waals surface area contributed by atoms with Crippen molar-refractivity contribution in [3.63, 3.8) is 0 Å². The molecule has 0 radical (unpaired) electrons. The maximum absolute atomic E-state index is 12.4. The Hall–Kier alpha value is -5.65. The van der Waals surface area contributed by atoms with E-state index in [0.717, 1.165) is 22.2 Å². The molecule has 0 unspecified atom stereocenters. The molecule has 43 heavy (non-hydrogen) atoms. The van der Waals surface area contributed by atoms with Crippen molar-refractivity contribution in [2.24, 2.45) is 0 Å². The van der Waals surface area contributed by atoms with Crippen LogP contribution in [0.4, 0.5) is 30.4 Å². The number of carboxylic acid groups (broad SMARTS) is 1. The van der Waals surface area contributed by atoms with Crippen LogP contribution < -0.4 is 20.1 Å². The Morgan fingerprint density at radius 1 is 0.837 bits per heavy atom. The van der Waals surface area contributed by atoms with Crippen LogP contribution in [0.3, 0.4) is 0 Å². The Kier molecular flexibility index (Phi) is 9.74. The largest absolute Gasteiger partial charge is 0.493 e. The first-order chi connectivity index (χ1) is 20.6. The zero-order valence-electron chi connectivity index (χ0n) is 22.6. The summed E-state index contributed by atoms with van der Waals surface area (Å²) < 4.78 is 43.3. The molecule has 3 N–H and O–H groups in total. The van der Waals surface area contributed by atoms with Crippen LogP contribution in [0, 0.1) is 0 Å². The number of aliphatic carboxylic acids is 1. The quantitative estimate of drug-likeness (QED) is 0.179. The van der Waals surface area contributed by atoms with Gasteiger partial charge in [-0.1, -0.05) is 48.5 Å². The summed E-state index contributed by atoms with van der Waals surface area (Å²) in [5.74, 6) is -1.08. The molecule has 0 atom stereocenters. The number of fused-ring (bicyclic) bond motifs is 1. The van der Waals surface area contributed by atoms with Crippen LogP contribution in [0.5, 0.6) is 11.5 Å². The molecule has 5 rings (SSSR count). The van der Waals surface area contributed by atoms with Gasteiger partial charge in [-0.2, -0.15) is 13.2 Å². The van der Waals surface area contributed by atoms with Gasteiger partial charge in [0.1, 0.15) is 18.8 Å². The molecule has 1 amide bonds. The van der Waals surface area contributed by atoms with Gasteiger partial charge in [-0.25, -0.2) is 14.8 Å². The molecule has 0 saturated heterocycles. The van der Waals surface area contributed by atoms with Gasteiger partial charge in [-0.15, -0.1) is 0 Å². The molecule has 1 aromatic heterocycles. The molecule has 0 fully saturated rings. The zero-order valence-corrected chi connectivity index (χ0v) is 22.6. The molecule has 0 bridgehead atoms. The summed E-state index contributed by atoms with van der Waals surface area (Å²) in [6, 6.07) is 30.2. The first-order valence-corrected chi connectivity index (χ1v) is 12.7. The molecule has 0 aliphatic rings. The number of hydrogen-bond acceptors (Lipinski definition) is 7. The SMILES string of the molecule is COc1cc2c(Nc3ccc(NC(=O)c4ccccc4)cc3)ncnc2cc1OCc1ccccc1.O=C(O)C(F)(F)F. The molecule has 0 spiro atoms. The van der Waals surface area contributed by atoms with Gasteiger partial charge >= 0.3 is 12.1 Å². The van der Waals surface area contributed by atoms with Gasteiger partial charge in [0.2, 0.25) is 0 Å². The maximum atomic E-state index is 12.4. The number of carbonyl (C=O) groups is 2. The zero-order chi connectivity index (χ0) is 30.8. The third kappa shape index (κ3) is 8.43. The summed E-state index contributed by atoms with van der Waals surface area (Å²) >= 11 is 0. The molecule has 0 aliphatic heterocycles. The number of carboxylic acids is 1. The van der Waals surface area contributed by atoms with Gasteiger partial charge in [0.25, 0.3) is 5.91 Å². The third-order valence-electron chi connectivity index (χ3n) is 5.84. The molecule has 12 heteroatoms. The monoisotopic (exact) mass is 590 g/mol. The number of benzene rings is 4. The molecule has 1 heterocycles. The van der Waals surface area contributed by atoms with E-state index < -0.39 is 12.1 Å². The predicted octanol–water partition coefficient (Wildman–Crippen LogP) is 6.85. The predicted molar refractivity (Wildman–Crippen MR) is 155 cm³/mol. The smallest absolute Gasteiger partial charge is 0.490 e. The van der Waals surface area contributed by atoms with Crippen molar-refractivity contribution < 1.29 is 37.3 Å². The van der Waals surface area contributed by atoms with Gasteiger partial charge < -0.3 is 25.2 Å². The minimum Gasteiger partial charge on any atom is -0.493 e. The average Bonchev–Trinajstić information content (AvgIpc) is 3.01. The summed E-state index contributed by atoms with van der Waals surface area (Å²) in [4.78, 5) is 30.1. The number of ether oxygens (including phenoxy) is 2. The molecule has 0 aliphatic carbocycles. The second-order valence-electron chi connectivity index (χ2n) is 8.84. The average molecular weight is 591 g/mol. The molecule has 4 aromatic carbocycles. The summed E-state index contributed by atoms with van der Waals surface area (Å²) in [6.45, 7) is 0.423. The lowest BCUT2D eigenvalue weighted by atomic mass is 10.2. The highest BCUT2D eigenvalue weighted by molar-refractivity contribution is 6.04. The van der Waals surface area contributed by atoms with Crippen LogP contribution in [0.25, 0.3) is 10.9 Å². The van der Waals surface area contributed by atoms with Crippen molar-refractivity contribution in [3.05, 3.63) is 115 Å². The van der Waals surface area contributed by atoms with E-state index >= 15 is 0 Å². The lowest BCUT2D eigenvalue weighted by Crippen LogP contribution is -2.21. The van der Waals surface area contributed by atoms with Crippen molar-refractivity contribution in [2.45, 2.75) is 12.8 Å². The van der Waals surface area contributed by atoms with E-state index in [1.807, 2.05) is 84.9 Å². The van der Waals surface area contributed by atoms with E-state index in [1.54, 1.807) is 19.2 Å². The summed E-state index contributed by atoms with van der Waals surface area (Å²) in [5, 5.41) is 14.1. The topological polar surface area (TPSA) is 123 Å². The number of nitrogens with zero attached hydrogens (tertiary/aromatic N) is 2. The van der Waals surface area contributed by atoms with Crippen LogP contribution in [0.1, 0.15) is 15.9 Å². The number of hydrogen-bond donors (Lipinski definition) is 3. The van der Waals surface area contributed by atoms with E-state index in [9.17, 15) is 18.0 Å². The highest BCUT2D eigenvalue weighted by Crippen LogP contribution is 2.35. The minimum atomic E-state index is -5.08. The van der Waals surface area contributed by atoms with Crippen LogP contribution in [-0.2, 0) is 11.4 Å². The Morgan fingerprint density at radius 2 is 1.44 bits per heavy atom. The Morgan fingerprint density at radius 3 is 2.05 bits per heavy atom. The summed E-state index contributed by atoms with van der Waals surface area (Å²) in [7, 11) is 1.61. The standard InChI is InChI=1S/C29H24N4O3.C2HF3O2/c1-35-26-16-24-25(17-27(26)36-18-20-8-4-2-5-9-20)30-19-31-28(24)32-22-12-14-23(15-13-22)33-29(34)21-10-6-3-7-11-21;3-2(4,5)1(6)7/h2-17,19H,18H2,1H3,(H,33,34)(H,30,31,32);(H,6,7). The maximum Gasteiger partial charge on any atom is 0.490 e. The first-order valence-electron chi connectivity index (χ1n) is 12.7. The molecule has 9 nitrogen and oxygen atoms in total. The highest BCUT2D eigenvalue weighted by atomic mass is 19.4. The lowest BCUT2D eigenvalue weighted by molar-refractivity contribution is -0.192. The first kappa shape index (κ1) is 30.3. The van der Waals surface area contributed by atoms with Gasteiger partial charge in [0.15, 0.2) is 11.5 Å². The molecule has 0 saturated carbocycles. The lowest BCUT2D eigenvalue weighted by Gasteiger charge is -2.14. The number of amides is 1. The molecular formula is C31H25F3N4O5. The van der Waals surface area contributed by atoms with E-state index in [-0.39, 0.29) is 5.91 Å². The van der Waals surface area contributed by atoms with Crippen LogP contribution >= 0.6 is 0 Å². The van der Waals surface area contributed by atoms with E-state index in [1.165, 1.54) is 6.33 Å². The number of nitrogens with one attached hydrogen (secondary N) is 2. The second kappa shape index (κ2) is 13.8. The molecule has 220 valence electrons. The van der Waals surface area contributed by atoms with Crippen LogP contribution in [0.15, 0.2) is 103 Å². The van der Waals surface area contributed by atoms with Crippen LogP contribution in [0.2, 0.25) is 0 Å². The fraction of sp³-hybridized carbons (Fsp3) is 0.0968. The number of alkyl halides is 3. The normalized spacial score (nSPS) is 10.7. The summed E-state index contributed by atoms with van der Waals surface area (Å²) in [5.41, 5.74) is 3.91. The number of rotatable bonds is 8. The van der Waals surface area contributed by atoms with Crippen molar-refractivity contribution in [2.75, 3.05) is 17.7 Å². The number of halogens is 3. The van der Waals surface area contributed by atoms with Crippen molar-refractivity contribution >= 4 is 40.0 Å².